The summed E-state index contributed by atoms with van der Waals surface area (Å²) in [5.74, 6) is 0.770. The molecule has 0 aromatic rings. The molecule has 0 aromatic heterocycles. The lowest BCUT2D eigenvalue weighted by molar-refractivity contribution is 0.543. The maximum atomic E-state index is 3.92. The van der Waals surface area contributed by atoms with Gasteiger partial charge in [-0.25, -0.2) is 0 Å². The molecule has 0 spiro atoms. The van der Waals surface area contributed by atoms with Gasteiger partial charge in [-0.15, -0.1) is 0 Å². The van der Waals surface area contributed by atoms with Crippen molar-refractivity contribution in [2.24, 2.45) is 5.92 Å². The Bertz CT molecular complexity index is 204. The second-order valence-corrected chi connectivity index (χ2v) is 4.84. The van der Waals surface area contributed by atoms with Crippen molar-refractivity contribution in [3.05, 3.63) is 30.2 Å². The zero-order chi connectivity index (χ0) is 11.7. The van der Waals surface area contributed by atoms with Crippen LogP contribution in [0.1, 0.15) is 59.8 Å². The molecule has 0 amide bonds. The fraction of sp³-hybridized carbons (Fsp3) is 0.667. The molecule has 1 atom stereocenters. The molecule has 1 radical (unpaired) electrons. The Morgan fingerprint density at radius 3 is 2.33 bits per heavy atom. The first kappa shape index (κ1) is 14.5. The summed E-state index contributed by atoms with van der Waals surface area (Å²) >= 11 is 0. The number of allylic oxidation sites excluding steroid dienone is 4. The maximum absolute atomic E-state index is 3.92. The Morgan fingerprint density at radius 2 is 1.80 bits per heavy atom. The number of hydrogen-bond acceptors (Lipinski definition) is 0. The van der Waals surface area contributed by atoms with Gasteiger partial charge < -0.3 is 0 Å². The third kappa shape index (κ3) is 9.78. The molecule has 15 heavy (non-hydrogen) atoms. The van der Waals surface area contributed by atoms with E-state index in [-0.39, 0.29) is 0 Å². The van der Waals surface area contributed by atoms with Crippen molar-refractivity contribution >= 4 is 0 Å². The lowest BCUT2D eigenvalue weighted by Crippen LogP contribution is -1.90. The predicted molar refractivity (Wildman–Crippen MR) is 70.8 cm³/mol. The highest BCUT2D eigenvalue weighted by Gasteiger charge is 1.96. The van der Waals surface area contributed by atoms with Crippen LogP contribution in [0.2, 0.25) is 0 Å². The fourth-order valence-corrected chi connectivity index (χ4v) is 1.45. The fourth-order valence-electron chi connectivity index (χ4n) is 1.45. The third-order valence-electron chi connectivity index (χ3n) is 2.74. The summed E-state index contributed by atoms with van der Waals surface area (Å²) in [4.78, 5) is 0. The van der Waals surface area contributed by atoms with Crippen molar-refractivity contribution in [1.29, 1.82) is 0 Å². The largest absolute Gasteiger partial charge is 0.0856 e. The predicted octanol–water partition coefficient (Wildman–Crippen LogP) is 5.32. The van der Waals surface area contributed by atoms with E-state index in [1.807, 2.05) is 0 Å². The third-order valence-corrected chi connectivity index (χ3v) is 2.74. The summed E-state index contributed by atoms with van der Waals surface area (Å²) in [5.41, 5.74) is 2.96. The standard InChI is InChI=1S/C15H27/c1-6-14(4)10-8-12-15(5)11-7-9-13(2)3/h9,12,14H,1,6-8,10-11H2,2-5H3/b15-12-. The molecule has 0 saturated heterocycles. The number of hydrogen-bond donors (Lipinski definition) is 0. The molecule has 0 bridgehead atoms. The molecule has 0 aromatic carbocycles. The van der Waals surface area contributed by atoms with E-state index in [4.69, 9.17) is 0 Å². The van der Waals surface area contributed by atoms with Crippen LogP contribution in [0.4, 0.5) is 0 Å². The Balaban J connectivity index is 3.65. The Hall–Kier alpha value is -0.520. The molecule has 0 heterocycles. The highest BCUT2D eigenvalue weighted by Crippen LogP contribution is 2.13. The van der Waals surface area contributed by atoms with Crippen molar-refractivity contribution in [2.75, 3.05) is 0 Å². The van der Waals surface area contributed by atoms with Crippen molar-refractivity contribution in [2.45, 2.75) is 59.8 Å². The summed E-state index contributed by atoms with van der Waals surface area (Å²) in [7, 11) is 0. The molecular formula is C15H27. The Morgan fingerprint density at radius 1 is 1.13 bits per heavy atom. The minimum atomic E-state index is 0.770. The van der Waals surface area contributed by atoms with Crippen molar-refractivity contribution in [3.8, 4) is 0 Å². The lowest BCUT2D eigenvalue weighted by atomic mass is 10.0. The van der Waals surface area contributed by atoms with Crippen LogP contribution >= 0.6 is 0 Å². The van der Waals surface area contributed by atoms with Gasteiger partial charge in [-0.3, -0.25) is 0 Å². The monoisotopic (exact) mass is 207 g/mol. The van der Waals surface area contributed by atoms with E-state index in [9.17, 15) is 0 Å². The van der Waals surface area contributed by atoms with Crippen LogP contribution in [-0.2, 0) is 0 Å². The highest BCUT2D eigenvalue weighted by molar-refractivity contribution is 5.02. The zero-order valence-corrected chi connectivity index (χ0v) is 11.0. The van der Waals surface area contributed by atoms with Gasteiger partial charge in [0.15, 0.2) is 0 Å². The smallest absolute Gasteiger partial charge is 0.0288 e. The van der Waals surface area contributed by atoms with Crippen LogP contribution < -0.4 is 0 Å². The quantitative estimate of drug-likeness (QED) is 0.496. The molecule has 0 aliphatic carbocycles. The molecule has 0 aliphatic rings. The topological polar surface area (TPSA) is 0 Å². The summed E-state index contributed by atoms with van der Waals surface area (Å²) < 4.78 is 0. The summed E-state index contributed by atoms with van der Waals surface area (Å²) in [5, 5.41) is 0. The van der Waals surface area contributed by atoms with E-state index in [0.29, 0.717) is 0 Å². The van der Waals surface area contributed by atoms with E-state index in [0.717, 1.165) is 12.3 Å². The van der Waals surface area contributed by atoms with E-state index in [1.165, 1.54) is 36.8 Å². The second kappa shape index (κ2) is 8.76. The van der Waals surface area contributed by atoms with E-state index in [2.05, 4.69) is 46.8 Å². The number of rotatable bonds is 7. The van der Waals surface area contributed by atoms with Crippen LogP contribution in [0.3, 0.4) is 0 Å². The van der Waals surface area contributed by atoms with Crippen molar-refractivity contribution in [3.63, 3.8) is 0 Å². The first-order valence-corrected chi connectivity index (χ1v) is 6.14. The molecule has 0 N–H and O–H groups in total. The lowest BCUT2D eigenvalue weighted by Gasteiger charge is -2.05. The van der Waals surface area contributed by atoms with Gasteiger partial charge in [-0.2, -0.15) is 0 Å². The highest BCUT2D eigenvalue weighted by atomic mass is 14.0. The molecule has 0 fully saturated rings. The molecule has 0 saturated carbocycles. The molecule has 0 aliphatic heterocycles. The summed E-state index contributed by atoms with van der Waals surface area (Å²) in [6, 6.07) is 0. The summed E-state index contributed by atoms with van der Waals surface area (Å²) in [6.07, 6.45) is 10.7. The van der Waals surface area contributed by atoms with Gasteiger partial charge in [0.2, 0.25) is 0 Å². The minimum Gasteiger partial charge on any atom is -0.0856 e. The maximum Gasteiger partial charge on any atom is -0.0288 e. The molecule has 87 valence electrons. The second-order valence-electron chi connectivity index (χ2n) is 4.84. The van der Waals surface area contributed by atoms with Crippen molar-refractivity contribution in [1.82, 2.24) is 0 Å². The van der Waals surface area contributed by atoms with Crippen molar-refractivity contribution < 1.29 is 0 Å². The van der Waals surface area contributed by atoms with Crippen LogP contribution in [0, 0.1) is 12.8 Å². The van der Waals surface area contributed by atoms with E-state index in [1.54, 1.807) is 0 Å². The SMILES string of the molecule is [CH2]CC(C)CC/C=C(/C)CCC=C(C)C. The van der Waals surface area contributed by atoms with Crippen LogP contribution in [0.5, 0.6) is 0 Å². The minimum absolute atomic E-state index is 0.770. The normalized spacial score (nSPS) is 13.8. The molecule has 0 heteroatoms. The molecular weight excluding hydrogens is 180 g/mol. The first-order valence-electron chi connectivity index (χ1n) is 6.14. The Kier molecular flexibility index (Phi) is 8.46. The van der Waals surface area contributed by atoms with Crippen LogP contribution in [0.15, 0.2) is 23.3 Å². The zero-order valence-electron chi connectivity index (χ0n) is 11.0. The Labute approximate surface area is 96.5 Å². The van der Waals surface area contributed by atoms with Gasteiger partial charge in [0.25, 0.3) is 0 Å². The average Bonchev–Trinajstić information content (AvgIpc) is 2.17. The van der Waals surface area contributed by atoms with E-state index >= 15 is 0 Å². The van der Waals surface area contributed by atoms with Crippen LogP contribution in [-0.4, -0.2) is 0 Å². The molecule has 0 nitrogen and oxygen atoms in total. The average molecular weight is 207 g/mol. The van der Waals surface area contributed by atoms with Gasteiger partial charge in [0, 0.05) is 0 Å². The van der Waals surface area contributed by atoms with E-state index < -0.39 is 0 Å². The first-order chi connectivity index (χ1) is 7.06. The molecule has 0 rings (SSSR count). The van der Waals surface area contributed by atoms with Gasteiger partial charge in [0.05, 0.1) is 0 Å². The van der Waals surface area contributed by atoms with Gasteiger partial charge >= 0.3 is 0 Å². The summed E-state index contributed by atoms with van der Waals surface area (Å²) in [6.45, 7) is 12.8. The van der Waals surface area contributed by atoms with Gasteiger partial charge in [-0.1, -0.05) is 43.6 Å². The van der Waals surface area contributed by atoms with Gasteiger partial charge in [0.1, 0.15) is 0 Å². The van der Waals surface area contributed by atoms with Gasteiger partial charge in [-0.05, 0) is 52.4 Å². The molecule has 1 unspecified atom stereocenters. The van der Waals surface area contributed by atoms with Crippen LogP contribution in [0.25, 0.3) is 0 Å².